The van der Waals surface area contributed by atoms with Gasteiger partial charge in [0.1, 0.15) is 11.3 Å². The van der Waals surface area contributed by atoms with E-state index in [2.05, 4.69) is 26.2 Å². The van der Waals surface area contributed by atoms with Gasteiger partial charge in [0.15, 0.2) is 0 Å². The number of hydrogen-bond donors (Lipinski definition) is 1. The van der Waals surface area contributed by atoms with Crippen LogP contribution in [-0.2, 0) is 16.0 Å². The molecule has 0 aliphatic carbocycles. The summed E-state index contributed by atoms with van der Waals surface area (Å²) in [7, 11) is 0. The number of anilines is 1. The molecule has 0 aromatic heterocycles. The van der Waals surface area contributed by atoms with Crippen molar-refractivity contribution in [3.8, 4) is 0 Å². The van der Waals surface area contributed by atoms with E-state index in [4.69, 9.17) is 4.74 Å². The van der Waals surface area contributed by atoms with Gasteiger partial charge >= 0.3 is 5.97 Å². The molecule has 1 aliphatic heterocycles. The SMILES string of the molecule is CC(C)(C)OC(=O)c1ccc(NC(=O)C2=NCCc3ccc(Br)cc32)cc1. The second-order valence-electron chi connectivity index (χ2n) is 7.32. The number of carbonyl (C=O) groups excluding carboxylic acids is 2. The van der Waals surface area contributed by atoms with Gasteiger partial charge in [-0.1, -0.05) is 22.0 Å². The summed E-state index contributed by atoms with van der Waals surface area (Å²) >= 11 is 3.45. The van der Waals surface area contributed by atoms with Gasteiger partial charge in [-0.15, -0.1) is 0 Å². The number of hydrogen-bond acceptors (Lipinski definition) is 4. The Morgan fingerprint density at radius 3 is 2.48 bits per heavy atom. The summed E-state index contributed by atoms with van der Waals surface area (Å²) < 4.78 is 6.25. The number of aliphatic imine (C=N–C) groups is 1. The third-order valence-corrected chi connectivity index (χ3v) is 4.46. The number of benzene rings is 2. The molecule has 2 aromatic carbocycles. The number of nitrogens with zero attached hydrogens (tertiary/aromatic N) is 1. The van der Waals surface area contributed by atoms with Gasteiger partial charge in [0, 0.05) is 22.3 Å². The lowest BCUT2D eigenvalue weighted by Gasteiger charge is -2.19. The fraction of sp³-hybridized carbons (Fsp3) is 0.286. The van der Waals surface area contributed by atoms with Crippen molar-refractivity contribution in [2.24, 2.45) is 4.99 Å². The summed E-state index contributed by atoms with van der Waals surface area (Å²) in [6.07, 6.45) is 0.823. The normalized spacial score (nSPS) is 13.4. The van der Waals surface area contributed by atoms with Crippen LogP contribution in [0.4, 0.5) is 5.69 Å². The van der Waals surface area contributed by atoms with Crippen LogP contribution in [0.1, 0.15) is 42.3 Å². The van der Waals surface area contributed by atoms with E-state index in [0.717, 1.165) is 22.0 Å². The average molecular weight is 429 g/mol. The van der Waals surface area contributed by atoms with Crippen molar-refractivity contribution >= 4 is 39.2 Å². The van der Waals surface area contributed by atoms with E-state index in [-0.39, 0.29) is 5.91 Å². The number of amides is 1. The molecule has 140 valence electrons. The van der Waals surface area contributed by atoms with E-state index >= 15 is 0 Å². The minimum atomic E-state index is -0.551. The zero-order chi connectivity index (χ0) is 19.6. The van der Waals surface area contributed by atoms with Crippen LogP contribution in [0, 0.1) is 0 Å². The number of halogens is 1. The monoisotopic (exact) mass is 428 g/mol. The van der Waals surface area contributed by atoms with Gasteiger partial charge in [-0.3, -0.25) is 9.79 Å². The van der Waals surface area contributed by atoms with Crippen molar-refractivity contribution in [2.75, 3.05) is 11.9 Å². The van der Waals surface area contributed by atoms with Gasteiger partial charge in [-0.05, 0) is 69.2 Å². The quantitative estimate of drug-likeness (QED) is 0.736. The summed E-state index contributed by atoms with van der Waals surface area (Å²) in [4.78, 5) is 29.2. The second kappa shape index (κ2) is 7.64. The van der Waals surface area contributed by atoms with E-state index in [9.17, 15) is 9.59 Å². The fourth-order valence-electron chi connectivity index (χ4n) is 2.77. The molecule has 0 bridgehead atoms. The first-order chi connectivity index (χ1) is 12.7. The molecule has 27 heavy (non-hydrogen) atoms. The van der Waals surface area contributed by atoms with Crippen molar-refractivity contribution in [1.29, 1.82) is 0 Å². The molecule has 0 saturated heterocycles. The average Bonchev–Trinajstić information content (AvgIpc) is 2.60. The highest BCUT2D eigenvalue weighted by Gasteiger charge is 2.21. The molecular formula is C21H21BrN2O3. The van der Waals surface area contributed by atoms with Crippen LogP contribution >= 0.6 is 15.9 Å². The molecule has 5 nitrogen and oxygen atoms in total. The fourth-order valence-corrected chi connectivity index (χ4v) is 3.13. The lowest BCUT2D eigenvalue weighted by Crippen LogP contribution is -2.28. The number of ether oxygens (including phenoxy) is 1. The van der Waals surface area contributed by atoms with Gasteiger partial charge in [-0.25, -0.2) is 4.79 Å². The molecule has 1 N–H and O–H groups in total. The summed E-state index contributed by atoms with van der Waals surface area (Å²) in [5.41, 5.74) is 2.86. The highest BCUT2D eigenvalue weighted by Crippen LogP contribution is 2.22. The molecule has 0 atom stereocenters. The van der Waals surface area contributed by atoms with E-state index in [1.165, 1.54) is 0 Å². The van der Waals surface area contributed by atoms with Crippen LogP contribution in [0.25, 0.3) is 0 Å². The summed E-state index contributed by atoms with van der Waals surface area (Å²) in [5, 5.41) is 2.85. The van der Waals surface area contributed by atoms with Crippen molar-refractivity contribution in [3.63, 3.8) is 0 Å². The molecule has 0 spiro atoms. The second-order valence-corrected chi connectivity index (χ2v) is 8.23. The van der Waals surface area contributed by atoms with Crippen LogP contribution in [0.15, 0.2) is 51.9 Å². The minimum absolute atomic E-state index is 0.265. The van der Waals surface area contributed by atoms with Crippen LogP contribution in [0.3, 0.4) is 0 Å². The zero-order valence-electron chi connectivity index (χ0n) is 15.5. The van der Waals surface area contributed by atoms with Crippen molar-refractivity contribution in [1.82, 2.24) is 0 Å². The molecule has 6 heteroatoms. The molecular weight excluding hydrogens is 408 g/mol. The number of rotatable bonds is 3. The van der Waals surface area contributed by atoms with Crippen LogP contribution < -0.4 is 5.32 Å². The molecule has 1 amide bonds. The third kappa shape index (κ3) is 4.83. The third-order valence-electron chi connectivity index (χ3n) is 3.97. The Morgan fingerprint density at radius 2 is 1.81 bits per heavy atom. The standard InChI is InChI=1S/C21H21BrN2O3/c1-21(2,3)27-20(26)14-5-8-16(9-6-14)24-19(25)18-17-12-15(22)7-4-13(17)10-11-23-18/h4-9,12H,10-11H2,1-3H3,(H,24,25). The topological polar surface area (TPSA) is 67.8 Å². The molecule has 2 aromatic rings. The Labute approximate surface area is 167 Å². The van der Waals surface area contributed by atoms with Crippen molar-refractivity contribution in [3.05, 3.63) is 63.6 Å². The maximum atomic E-state index is 12.7. The smallest absolute Gasteiger partial charge is 0.338 e. The van der Waals surface area contributed by atoms with Gasteiger partial charge in [0.05, 0.1) is 5.56 Å². The lowest BCUT2D eigenvalue weighted by atomic mass is 9.97. The lowest BCUT2D eigenvalue weighted by molar-refractivity contribution is -0.110. The van der Waals surface area contributed by atoms with Crippen molar-refractivity contribution in [2.45, 2.75) is 32.8 Å². The number of carbonyl (C=O) groups is 2. The molecule has 0 unspecified atom stereocenters. The number of esters is 1. The highest BCUT2D eigenvalue weighted by atomic mass is 79.9. The Bertz CT molecular complexity index is 912. The molecule has 0 saturated carbocycles. The number of fused-ring (bicyclic) bond motifs is 1. The van der Waals surface area contributed by atoms with Crippen molar-refractivity contribution < 1.29 is 14.3 Å². The van der Waals surface area contributed by atoms with Crippen LogP contribution in [-0.4, -0.2) is 29.7 Å². The Morgan fingerprint density at radius 1 is 1.11 bits per heavy atom. The van der Waals surface area contributed by atoms with E-state index in [0.29, 0.717) is 23.5 Å². The minimum Gasteiger partial charge on any atom is -0.456 e. The van der Waals surface area contributed by atoms with E-state index in [1.807, 2.05) is 39.0 Å². The zero-order valence-corrected chi connectivity index (χ0v) is 17.1. The molecule has 1 aliphatic rings. The maximum Gasteiger partial charge on any atom is 0.338 e. The van der Waals surface area contributed by atoms with E-state index < -0.39 is 11.6 Å². The Balaban J connectivity index is 1.73. The molecule has 0 fully saturated rings. The molecule has 0 radical (unpaired) electrons. The molecule has 1 heterocycles. The first kappa shape index (κ1) is 19.3. The predicted molar refractivity (Wildman–Crippen MR) is 109 cm³/mol. The molecule has 3 rings (SSSR count). The largest absolute Gasteiger partial charge is 0.456 e. The van der Waals surface area contributed by atoms with Crippen LogP contribution in [0.5, 0.6) is 0 Å². The van der Waals surface area contributed by atoms with Gasteiger partial charge in [0.25, 0.3) is 5.91 Å². The first-order valence-corrected chi connectivity index (χ1v) is 9.50. The summed E-state index contributed by atoms with van der Waals surface area (Å²) in [6.45, 7) is 6.05. The maximum absolute atomic E-state index is 12.7. The summed E-state index contributed by atoms with van der Waals surface area (Å²) in [6, 6.07) is 12.5. The first-order valence-electron chi connectivity index (χ1n) is 8.71. The summed E-state index contributed by atoms with van der Waals surface area (Å²) in [5.74, 6) is -0.658. The predicted octanol–water partition coefficient (Wildman–Crippen LogP) is 4.39. The van der Waals surface area contributed by atoms with E-state index in [1.54, 1.807) is 24.3 Å². The van der Waals surface area contributed by atoms with Gasteiger partial charge in [0.2, 0.25) is 0 Å². The van der Waals surface area contributed by atoms with Gasteiger partial charge in [-0.2, -0.15) is 0 Å². The van der Waals surface area contributed by atoms with Gasteiger partial charge < -0.3 is 10.1 Å². The number of nitrogens with one attached hydrogen (secondary N) is 1. The Kier molecular flexibility index (Phi) is 5.46. The van der Waals surface area contributed by atoms with Crippen LogP contribution in [0.2, 0.25) is 0 Å². The highest BCUT2D eigenvalue weighted by molar-refractivity contribution is 9.10. The Hall–Kier alpha value is -2.47.